The normalized spacial score (nSPS) is 16.9. The van der Waals surface area contributed by atoms with Crippen LogP contribution in [0, 0.1) is 0 Å². The summed E-state index contributed by atoms with van der Waals surface area (Å²) < 4.78 is 34.5. The number of fused-ring (bicyclic) bond motifs is 1. The fraction of sp³-hybridized carbons (Fsp3) is 0.300. The van der Waals surface area contributed by atoms with Crippen molar-refractivity contribution in [1.29, 1.82) is 0 Å². The Labute approximate surface area is 244 Å². The first kappa shape index (κ1) is 28.0. The number of para-hydroxylation sites is 1. The molecule has 0 spiro atoms. The van der Waals surface area contributed by atoms with Gasteiger partial charge in [-0.05, 0) is 49.0 Å². The molecule has 0 atom stereocenters. The number of pyridine rings is 2. The van der Waals surface area contributed by atoms with Crippen LogP contribution in [0.3, 0.4) is 0 Å². The molecule has 0 bridgehead atoms. The van der Waals surface area contributed by atoms with E-state index in [4.69, 9.17) is 9.72 Å². The molecule has 2 N–H and O–H groups in total. The number of carboxylic acids is 1. The number of carbonyl (C=O) groups is 1. The zero-order valence-electron chi connectivity index (χ0n) is 23.2. The summed E-state index contributed by atoms with van der Waals surface area (Å²) in [5.41, 5.74) is 2.84. The second kappa shape index (κ2) is 11.6. The molecular weight excluding hydrogens is 556 g/mol. The molecule has 2 aromatic heterocycles. The molecule has 2 fully saturated rings. The molecule has 42 heavy (non-hydrogen) atoms. The molecule has 2 aromatic carbocycles. The lowest BCUT2D eigenvalue weighted by molar-refractivity contribution is 0.0698. The van der Waals surface area contributed by atoms with E-state index in [-0.39, 0.29) is 34.9 Å². The Kier molecular flexibility index (Phi) is 7.78. The van der Waals surface area contributed by atoms with E-state index < -0.39 is 16.0 Å². The Balaban J connectivity index is 1.45. The molecule has 4 heterocycles. The summed E-state index contributed by atoms with van der Waals surface area (Å²) in [6.45, 7) is 4.83. The quantitative estimate of drug-likeness (QED) is 0.331. The Morgan fingerprint density at radius 2 is 1.64 bits per heavy atom. The minimum absolute atomic E-state index is 0.0250. The van der Waals surface area contributed by atoms with Gasteiger partial charge in [0.15, 0.2) is 0 Å². The fourth-order valence-electron chi connectivity index (χ4n) is 5.30. The molecule has 2 aliphatic rings. The monoisotopic (exact) mass is 588 g/mol. The second-order valence-corrected chi connectivity index (χ2v) is 12.3. The van der Waals surface area contributed by atoms with E-state index in [1.807, 2.05) is 36.5 Å². The van der Waals surface area contributed by atoms with E-state index >= 15 is 0 Å². The number of anilines is 3. The number of benzene rings is 2. The van der Waals surface area contributed by atoms with Gasteiger partial charge < -0.3 is 25.0 Å². The highest BCUT2D eigenvalue weighted by Gasteiger charge is 2.30. The van der Waals surface area contributed by atoms with Crippen molar-refractivity contribution >= 4 is 44.1 Å². The van der Waals surface area contributed by atoms with Crippen LogP contribution in [0.25, 0.3) is 22.0 Å². The number of sulfonamides is 1. The number of nitrogens with zero attached hydrogens (tertiary/aromatic N) is 5. The van der Waals surface area contributed by atoms with Crippen LogP contribution in [0.4, 0.5) is 17.2 Å². The van der Waals surface area contributed by atoms with Crippen LogP contribution < -0.4 is 10.2 Å². The van der Waals surface area contributed by atoms with E-state index in [0.29, 0.717) is 24.1 Å². The summed E-state index contributed by atoms with van der Waals surface area (Å²) in [6.07, 6.45) is 3.16. The first-order valence-corrected chi connectivity index (χ1v) is 15.3. The van der Waals surface area contributed by atoms with Gasteiger partial charge in [0.05, 0.1) is 35.7 Å². The zero-order chi connectivity index (χ0) is 29.3. The Morgan fingerprint density at radius 1 is 0.905 bits per heavy atom. The third-order valence-electron chi connectivity index (χ3n) is 7.75. The SMILES string of the molecule is CN1CCN(c2ccc(-c3ccc4ncc(S(=O)(=O)N5CCOCC5)c(Nc5ccccc5C(=O)O)c4c3)cn2)CC1. The Bertz CT molecular complexity index is 1720. The second-order valence-electron chi connectivity index (χ2n) is 10.4. The van der Waals surface area contributed by atoms with Crippen molar-refractivity contribution in [3.8, 4) is 11.1 Å². The maximum absolute atomic E-state index is 13.9. The van der Waals surface area contributed by atoms with Gasteiger partial charge in [-0.1, -0.05) is 18.2 Å². The molecular formula is C30H32N6O5S. The van der Waals surface area contributed by atoms with Crippen molar-refractivity contribution in [3.05, 3.63) is 72.6 Å². The van der Waals surface area contributed by atoms with Gasteiger partial charge in [-0.3, -0.25) is 4.98 Å². The minimum Gasteiger partial charge on any atom is -0.478 e. The molecule has 11 nitrogen and oxygen atoms in total. The maximum atomic E-state index is 13.9. The van der Waals surface area contributed by atoms with E-state index in [0.717, 1.165) is 43.1 Å². The summed E-state index contributed by atoms with van der Waals surface area (Å²) in [5.74, 6) is -0.206. The molecule has 0 amide bonds. The van der Waals surface area contributed by atoms with Gasteiger partial charge in [0, 0.05) is 62.6 Å². The molecule has 218 valence electrons. The van der Waals surface area contributed by atoms with E-state index in [1.165, 1.54) is 16.6 Å². The number of aromatic carboxylic acids is 1. The molecule has 0 unspecified atom stereocenters. The molecule has 6 rings (SSSR count). The number of morpholine rings is 1. The van der Waals surface area contributed by atoms with Crippen molar-refractivity contribution in [2.24, 2.45) is 0 Å². The molecule has 4 aromatic rings. The fourth-order valence-corrected chi connectivity index (χ4v) is 6.81. The van der Waals surface area contributed by atoms with Gasteiger partial charge >= 0.3 is 5.97 Å². The Morgan fingerprint density at radius 3 is 2.36 bits per heavy atom. The first-order chi connectivity index (χ1) is 20.3. The molecule has 0 aliphatic carbocycles. The Hall–Kier alpha value is -4.10. The summed E-state index contributed by atoms with van der Waals surface area (Å²) in [7, 11) is -1.86. The molecule has 2 aliphatic heterocycles. The molecule has 0 radical (unpaired) electrons. The van der Waals surface area contributed by atoms with Crippen molar-refractivity contribution in [2.75, 3.05) is 69.7 Å². The zero-order valence-corrected chi connectivity index (χ0v) is 24.0. The van der Waals surface area contributed by atoms with Gasteiger partial charge in [-0.2, -0.15) is 4.31 Å². The standard InChI is InChI=1S/C30H32N6O5S/c1-34-10-12-35(13-11-34)28-9-7-22(19-32-28)21-6-8-25-24(18-21)29(33-26-5-3-2-4-23(26)30(37)38)27(20-31-25)42(39,40)36-14-16-41-17-15-36/h2-9,18-20H,10-17H2,1H3,(H,31,33)(H,37,38). The van der Waals surface area contributed by atoms with E-state index in [2.05, 4.69) is 27.1 Å². The van der Waals surface area contributed by atoms with Crippen LogP contribution in [0.2, 0.25) is 0 Å². The lowest BCUT2D eigenvalue weighted by Crippen LogP contribution is -2.44. The highest BCUT2D eigenvalue weighted by atomic mass is 32.2. The van der Waals surface area contributed by atoms with Crippen LogP contribution in [0.15, 0.2) is 71.9 Å². The van der Waals surface area contributed by atoms with Crippen molar-refractivity contribution in [1.82, 2.24) is 19.2 Å². The lowest BCUT2D eigenvalue weighted by atomic mass is 10.0. The highest BCUT2D eigenvalue weighted by molar-refractivity contribution is 7.89. The van der Waals surface area contributed by atoms with Crippen molar-refractivity contribution in [2.45, 2.75) is 4.90 Å². The van der Waals surface area contributed by atoms with Crippen molar-refractivity contribution in [3.63, 3.8) is 0 Å². The predicted molar refractivity (Wildman–Crippen MR) is 161 cm³/mol. The smallest absolute Gasteiger partial charge is 0.337 e. The van der Waals surface area contributed by atoms with Crippen LogP contribution in [0.1, 0.15) is 10.4 Å². The number of rotatable bonds is 7. The summed E-state index contributed by atoms with van der Waals surface area (Å²) in [5, 5.41) is 13.5. The minimum atomic E-state index is -3.98. The van der Waals surface area contributed by atoms with Gasteiger partial charge in [0.1, 0.15) is 10.7 Å². The van der Waals surface area contributed by atoms with Crippen LogP contribution in [0.5, 0.6) is 0 Å². The van der Waals surface area contributed by atoms with E-state index in [9.17, 15) is 18.3 Å². The number of nitrogens with one attached hydrogen (secondary N) is 1. The topological polar surface area (TPSA) is 128 Å². The van der Waals surface area contributed by atoms with Crippen LogP contribution >= 0.6 is 0 Å². The first-order valence-electron chi connectivity index (χ1n) is 13.8. The number of likely N-dealkylation sites (N-methyl/N-ethyl adjacent to an activating group) is 1. The molecule has 0 saturated carbocycles. The number of piperazine rings is 1. The average Bonchev–Trinajstić information content (AvgIpc) is 3.02. The van der Waals surface area contributed by atoms with Crippen LogP contribution in [-0.2, 0) is 14.8 Å². The summed E-state index contributed by atoms with van der Waals surface area (Å²) in [6, 6.07) is 16.1. The van der Waals surface area contributed by atoms with Crippen molar-refractivity contribution < 1.29 is 23.1 Å². The summed E-state index contributed by atoms with van der Waals surface area (Å²) >= 11 is 0. The van der Waals surface area contributed by atoms with Gasteiger partial charge in [0.2, 0.25) is 10.0 Å². The maximum Gasteiger partial charge on any atom is 0.337 e. The number of aromatic nitrogens is 2. The van der Waals surface area contributed by atoms with Gasteiger partial charge in [-0.15, -0.1) is 0 Å². The average molecular weight is 589 g/mol. The summed E-state index contributed by atoms with van der Waals surface area (Å²) in [4.78, 5) is 25.7. The third-order valence-corrected chi connectivity index (χ3v) is 9.66. The number of ether oxygens (including phenoxy) is 1. The third kappa shape index (κ3) is 5.53. The van der Waals surface area contributed by atoms with Crippen LogP contribution in [-0.4, -0.2) is 98.2 Å². The predicted octanol–water partition coefficient (Wildman–Crippen LogP) is 3.51. The molecule has 12 heteroatoms. The molecule has 2 saturated heterocycles. The highest BCUT2D eigenvalue weighted by Crippen LogP contribution is 2.37. The largest absolute Gasteiger partial charge is 0.478 e. The number of hydrogen-bond donors (Lipinski definition) is 2. The van der Waals surface area contributed by atoms with Gasteiger partial charge in [0.25, 0.3) is 0 Å². The number of carboxylic acid groups (broad SMARTS) is 1. The lowest BCUT2D eigenvalue weighted by Gasteiger charge is -2.33. The van der Waals surface area contributed by atoms with Gasteiger partial charge in [-0.25, -0.2) is 18.2 Å². The van der Waals surface area contributed by atoms with E-state index in [1.54, 1.807) is 18.2 Å². The number of hydrogen-bond acceptors (Lipinski definition) is 9.